The van der Waals surface area contributed by atoms with E-state index < -0.39 is 0 Å². The van der Waals surface area contributed by atoms with Gasteiger partial charge in [0.15, 0.2) is 0 Å². The highest BCUT2D eigenvalue weighted by molar-refractivity contribution is 6.05. The van der Waals surface area contributed by atoms with Crippen LogP contribution in [0, 0.1) is 0 Å². The minimum atomic E-state index is 0.494. The van der Waals surface area contributed by atoms with Gasteiger partial charge in [0.05, 0.1) is 71.6 Å². The van der Waals surface area contributed by atoms with E-state index in [1.54, 1.807) is 12.1 Å². The van der Waals surface area contributed by atoms with Gasteiger partial charge in [-0.15, -0.1) is 0 Å². The van der Waals surface area contributed by atoms with Gasteiger partial charge in [0.2, 0.25) is 6.33 Å². The SMILES string of the molecule is Nc1cc(N=Nc2cccc[n+]2CCCn2cc[n+](CCC[n+]3ccccc3N=Nc3cc(N)c(N)c4ccccc34)c2)c2ccccc2c1N. The summed E-state index contributed by atoms with van der Waals surface area (Å²) in [6.45, 7) is 3.32. The number of hydrogen-bond donors (Lipinski definition) is 4. The third-order valence-corrected chi connectivity index (χ3v) is 8.92. The molecule has 3 aromatic heterocycles. The van der Waals surface area contributed by atoms with E-state index in [0.29, 0.717) is 34.1 Å². The number of fused-ring (bicyclic) bond motifs is 2. The van der Waals surface area contributed by atoms with Gasteiger partial charge >= 0.3 is 11.6 Å². The quantitative estimate of drug-likeness (QED) is 0.0621. The van der Waals surface area contributed by atoms with E-state index in [9.17, 15) is 0 Å². The molecule has 0 unspecified atom stereocenters. The molecule has 0 aliphatic rings. The molecule has 12 nitrogen and oxygen atoms in total. The molecule has 3 heterocycles. The van der Waals surface area contributed by atoms with Crippen LogP contribution in [-0.2, 0) is 26.2 Å². The number of nitrogens with two attached hydrogens (primary N) is 4. The zero-order valence-electron chi connectivity index (χ0n) is 28.3. The van der Waals surface area contributed by atoms with Crippen LogP contribution in [0.1, 0.15) is 12.8 Å². The summed E-state index contributed by atoms with van der Waals surface area (Å²) in [6, 6.07) is 31.1. The Morgan fingerprint density at radius 2 is 1.00 bits per heavy atom. The highest BCUT2D eigenvalue weighted by Crippen LogP contribution is 2.36. The lowest BCUT2D eigenvalue weighted by Gasteiger charge is -2.06. The van der Waals surface area contributed by atoms with Gasteiger partial charge in [-0.1, -0.05) is 60.7 Å². The Labute approximate surface area is 295 Å². The van der Waals surface area contributed by atoms with Crippen molar-refractivity contribution in [3.63, 3.8) is 0 Å². The molecule has 0 atom stereocenters. The zero-order valence-corrected chi connectivity index (χ0v) is 28.3. The second kappa shape index (κ2) is 14.8. The van der Waals surface area contributed by atoms with E-state index in [-0.39, 0.29) is 0 Å². The van der Waals surface area contributed by atoms with Crippen LogP contribution in [0.15, 0.2) is 149 Å². The predicted molar refractivity (Wildman–Crippen MR) is 201 cm³/mol. The van der Waals surface area contributed by atoms with Gasteiger partial charge in [-0.25, -0.2) is 18.3 Å². The maximum atomic E-state index is 6.20. The molecule has 0 saturated carbocycles. The molecule has 0 bridgehead atoms. The van der Waals surface area contributed by atoms with Crippen molar-refractivity contribution >= 4 is 67.3 Å². The maximum Gasteiger partial charge on any atom is 0.350 e. The monoisotopic (exact) mass is 677 g/mol. The van der Waals surface area contributed by atoms with E-state index >= 15 is 0 Å². The number of benzene rings is 4. The Hall–Kier alpha value is -6.69. The summed E-state index contributed by atoms with van der Waals surface area (Å²) in [6.07, 6.45) is 12.3. The van der Waals surface area contributed by atoms with Crippen molar-refractivity contribution in [3.05, 3.63) is 128 Å². The fourth-order valence-electron chi connectivity index (χ4n) is 6.22. The van der Waals surface area contributed by atoms with E-state index in [2.05, 4.69) is 57.4 Å². The van der Waals surface area contributed by atoms with E-state index in [1.165, 1.54) is 0 Å². The first-order valence-electron chi connectivity index (χ1n) is 16.9. The van der Waals surface area contributed by atoms with Crippen LogP contribution in [0.25, 0.3) is 21.5 Å². The van der Waals surface area contributed by atoms with E-state index in [0.717, 1.165) is 72.2 Å². The van der Waals surface area contributed by atoms with Crippen molar-refractivity contribution in [1.29, 1.82) is 0 Å². The first-order valence-corrected chi connectivity index (χ1v) is 16.9. The fourth-order valence-corrected chi connectivity index (χ4v) is 6.22. The number of imidazole rings is 1. The molecule has 4 aromatic carbocycles. The summed E-state index contributed by atoms with van der Waals surface area (Å²) in [4.78, 5) is 0. The summed E-state index contributed by atoms with van der Waals surface area (Å²) >= 11 is 0. The number of aryl methyl sites for hydroxylation is 4. The van der Waals surface area contributed by atoms with Crippen LogP contribution in [0.3, 0.4) is 0 Å². The Kier molecular flexibility index (Phi) is 9.55. The van der Waals surface area contributed by atoms with Gasteiger partial charge in [-0.05, 0) is 34.5 Å². The summed E-state index contributed by atoms with van der Waals surface area (Å²) in [5, 5.41) is 21.9. The van der Waals surface area contributed by atoms with Crippen LogP contribution in [0.5, 0.6) is 0 Å². The Morgan fingerprint density at radius 3 is 1.55 bits per heavy atom. The molecular formula is C39H41N12+3. The molecule has 51 heavy (non-hydrogen) atoms. The average Bonchev–Trinajstić information content (AvgIpc) is 3.61. The third kappa shape index (κ3) is 7.35. The third-order valence-electron chi connectivity index (χ3n) is 8.92. The highest BCUT2D eigenvalue weighted by Gasteiger charge is 2.15. The number of pyridine rings is 2. The summed E-state index contributed by atoms with van der Waals surface area (Å²) in [7, 11) is 0. The van der Waals surface area contributed by atoms with Crippen molar-refractivity contribution in [3.8, 4) is 0 Å². The molecule has 8 N–H and O–H groups in total. The number of aromatic nitrogens is 4. The molecule has 0 aliphatic carbocycles. The lowest BCUT2D eigenvalue weighted by Crippen LogP contribution is -2.38. The molecule has 12 heteroatoms. The van der Waals surface area contributed by atoms with Crippen LogP contribution >= 0.6 is 0 Å². The topological polar surface area (TPSA) is 170 Å². The summed E-state index contributed by atoms with van der Waals surface area (Å²) in [5.74, 6) is 1.53. The molecule has 0 amide bonds. The normalized spacial score (nSPS) is 11.8. The lowest BCUT2D eigenvalue weighted by atomic mass is 10.1. The number of nitrogen functional groups attached to an aromatic ring is 4. The lowest BCUT2D eigenvalue weighted by molar-refractivity contribution is -0.721. The maximum absolute atomic E-state index is 6.20. The minimum absolute atomic E-state index is 0.494. The van der Waals surface area contributed by atoms with Crippen LogP contribution in [0.4, 0.5) is 45.8 Å². The number of rotatable bonds is 12. The molecule has 7 rings (SSSR count). The highest BCUT2D eigenvalue weighted by atomic mass is 15.2. The van der Waals surface area contributed by atoms with Crippen LogP contribution in [-0.4, -0.2) is 4.57 Å². The van der Waals surface area contributed by atoms with Crippen molar-refractivity contribution in [2.24, 2.45) is 20.5 Å². The average molecular weight is 678 g/mol. The molecule has 0 fully saturated rings. The zero-order chi connectivity index (χ0) is 35.2. The van der Waals surface area contributed by atoms with Gasteiger partial charge in [0, 0.05) is 46.5 Å². The second-order valence-electron chi connectivity index (χ2n) is 12.4. The fraction of sp³-hybridized carbons (Fsp3) is 0.154. The van der Waals surface area contributed by atoms with E-state index in [4.69, 9.17) is 22.9 Å². The van der Waals surface area contributed by atoms with Crippen molar-refractivity contribution in [2.45, 2.75) is 39.0 Å². The largest absolute Gasteiger partial charge is 0.397 e. The standard InChI is InChI=1S/C39H39N12/c40-32-25-34(28-11-1-3-13-30(28)38(32)42)44-46-36-15-5-7-19-50(36)21-9-17-48-23-24-49(27-48)18-10-22-51-20-8-6-16-37(51)47-45-35-26-33(41)39(43)31-14-4-2-12-29(31)35/h1-8,11-16,19-20,23-27,42-43H,9-10,17-18,21-22H2,(H4,40,41,44,45)/q+1/p+2. The molecule has 0 spiro atoms. The van der Waals surface area contributed by atoms with Gasteiger partial charge in [-0.3, -0.25) is 0 Å². The Morgan fingerprint density at radius 1 is 0.510 bits per heavy atom. The van der Waals surface area contributed by atoms with Crippen LogP contribution in [0.2, 0.25) is 0 Å². The molecule has 254 valence electrons. The predicted octanol–water partition coefficient (Wildman–Crippen LogP) is 7.00. The van der Waals surface area contributed by atoms with Crippen molar-refractivity contribution in [2.75, 3.05) is 22.9 Å². The molecule has 0 radical (unpaired) electrons. The van der Waals surface area contributed by atoms with Gasteiger partial charge in [0.25, 0.3) is 0 Å². The molecule has 7 aromatic rings. The molecule has 0 saturated heterocycles. The first-order chi connectivity index (χ1) is 24.9. The number of azo groups is 2. The smallest absolute Gasteiger partial charge is 0.350 e. The first kappa shape index (κ1) is 32.8. The number of nitrogens with zero attached hydrogens (tertiary/aromatic N) is 8. The van der Waals surface area contributed by atoms with Gasteiger partial charge < -0.3 is 22.9 Å². The Bertz CT molecular complexity index is 2230. The Balaban J connectivity index is 0.945. The van der Waals surface area contributed by atoms with E-state index in [1.807, 2.05) is 97.3 Å². The van der Waals surface area contributed by atoms with Crippen molar-refractivity contribution in [1.82, 2.24) is 4.57 Å². The van der Waals surface area contributed by atoms with Gasteiger partial charge in [0.1, 0.15) is 23.8 Å². The molecular weight excluding hydrogens is 637 g/mol. The number of hydrogen-bond acceptors (Lipinski definition) is 8. The summed E-state index contributed by atoms with van der Waals surface area (Å²) < 4.78 is 8.65. The second-order valence-corrected chi connectivity index (χ2v) is 12.4. The number of anilines is 4. The van der Waals surface area contributed by atoms with Crippen LogP contribution < -0.4 is 36.6 Å². The minimum Gasteiger partial charge on any atom is -0.397 e. The van der Waals surface area contributed by atoms with Gasteiger partial charge in [-0.2, -0.15) is 0 Å². The summed E-state index contributed by atoms with van der Waals surface area (Å²) in [5.41, 5.74) is 28.2. The van der Waals surface area contributed by atoms with Crippen molar-refractivity contribution < 1.29 is 13.7 Å². The molecule has 0 aliphatic heterocycles.